The molecule has 0 unspecified atom stereocenters. The average molecular weight is 410 g/mol. The smallest absolute Gasteiger partial charge is 0.257 e. The first-order valence-electron chi connectivity index (χ1n) is 8.96. The highest BCUT2D eigenvalue weighted by Crippen LogP contribution is 2.25. The van der Waals surface area contributed by atoms with Crippen molar-refractivity contribution in [2.75, 3.05) is 7.11 Å². The van der Waals surface area contributed by atoms with Crippen molar-refractivity contribution in [3.63, 3.8) is 0 Å². The average Bonchev–Trinajstić information content (AvgIpc) is 3.24. The Labute approximate surface area is 169 Å². The fraction of sp³-hybridized carbons (Fsp3) is 0.0909. The lowest BCUT2D eigenvalue weighted by Crippen LogP contribution is -2.28. The lowest BCUT2D eigenvalue weighted by molar-refractivity contribution is 0.0944. The number of amides is 1. The number of halogens is 2. The van der Waals surface area contributed by atoms with Crippen molar-refractivity contribution in [2.45, 2.75) is 6.54 Å². The molecule has 0 atom stereocenters. The molecule has 2 aromatic heterocycles. The number of para-hydroxylation sites is 1. The van der Waals surface area contributed by atoms with Gasteiger partial charge in [-0.2, -0.15) is 0 Å². The number of benzene rings is 2. The Morgan fingerprint density at radius 2 is 1.90 bits per heavy atom. The Bertz CT molecular complexity index is 1260. The minimum absolute atomic E-state index is 0.0365. The van der Waals surface area contributed by atoms with Gasteiger partial charge in [0.15, 0.2) is 11.3 Å². The Hall–Kier alpha value is -3.94. The highest BCUT2D eigenvalue weighted by Gasteiger charge is 2.15. The third-order valence-corrected chi connectivity index (χ3v) is 4.28. The van der Waals surface area contributed by atoms with Gasteiger partial charge in [0.2, 0.25) is 5.55 Å². The molecule has 6 nitrogen and oxygen atoms in total. The number of nitrogens with one attached hydrogen (secondary N) is 1. The summed E-state index contributed by atoms with van der Waals surface area (Å²) in [4.78, 5) is 17.0. The molecule has 4 aromatic rings. The summed E-state index contributed by atoms with van der Waals surface area (Å²) in [6.07, 6.45) is 1.50. The summed E-state index contributed by atoms with van der Waals surface area (Å²) in [6, 6.07) is 13.0. The molecule has 0 bridgehead atoms. The maximum atomic E-state index is 13.6. The molecule has 30 heavy (non-hydrogen) atoms. The normalized spacial score (nSPS) is 11.6. The van der Waals surface area contributed by atoms with Gasteiger partial charge in [0.05, 0.1) is 25.6 Å². The zero-order valence-corrected chi connectivity index (χ0v) is 15.8. The molecule has 0 spiro atoms. The molecule has 0 aliphatic rings. The lowest BCUT2D eigenvalue weighted by atomic mass is 10.1. The van der Waals surface area contributed by atoms with Gasteiger partial charge < -0.3 is 18.9 Å². The van der Waals surface area contributed by atoms with Crippen molar-refractivity contribution < 1.29 is 27.1 Å². The van der Waals surface area contributed by atoms with Crippen LogP contribution in [0.5, 0.6) is 5.75 Å². The monoisotopic (exact) mass is 410 g/mol. The standard InChI is InChI=1S/C22H16F2N2O4/c1-28-19-6-2-4-13-8-18(21(27)25-12-17-5-3-7-29-17)22(30-20(13)19)26-16-10-14(23)9-15(24)11-16/h2-11H,12H2,1H3,(H,25,27). The molecule has 0 aliphatic heterocycles. The molecule has 2 heterocycles. The number of carbonyl (C=O) groups is 1. The van der Waals surface area contributed by atoms with Crippen LogP contribution in [0.25, 0.3) is 11.0 Å². The molecule has 2 aromatic carbocycles. The van der Waals surface area contributed by atoms with Gasteiger partial charge in [0.1, 0.15) is 23.0 Å². The van der Waals surface area contributed by atoms with Crippen LogP contribution in [0.3, 0.4) is 0 Å². The van der Waals surface area contributed by atoms with E-state index in [1.807, 2.05) is 0 Å². The Balaban J connectivity index is 1.85. The second kappa shape index (κ2) is 8.20. The highest BCUT2D eigenvalue weighted by atomic mass is 19.1. The van der Waals surface area contributed by atoms with Crippen molar-refractivity contribution in [2.24, 2.45) is 4.99 Å². The van der Waals surface area contributed by atoms with Gasteiger partial charge in [-0.25, -0.2) is 13.8 Å². The third-order valence-electron chi connectivity index (χ3n) is 4.28. The first-order valence-corrected chi connectivity index (χ1v) is 8.96. The van der Waals surface area contributed by atoms with Crippen LogP contribution in [-0.2, 0) is 6.54 Å². The minimum atomic E-state index is -0.795. The third kappa shape index (κ3) is 4.07. The molecular weight excluding hydrogens is 394 g/mol. The van der Waals surface area contributed by atoms with Crippen LogP contribution in [0.2, 0.25) is 0 Å². The van der Waals surface area contributed by atoms with E-state index in [1.54, 1.807) is 36.4 Å². The summed E-state index contributed by atoms with van der Waals surface area (Å²) in [6.45, 7) is 0.149. The molecule has 1 amide bonds. The zero-order chi connectivity index (χ0) is 21.1. The van der Waals surface area contributed by atoms with Crippen LogP contribution in [0, 0.1) is 11.6 Å². The summed E-state index contributed by atoms with van der Waals surface area (Å²) >= 11 is 0. The number of fused-ring (bicyclic) bond motifs is 1. The molecule has 4 rings (SSSR count). The van der Waals surface area contributed by atoms with Crippen molar-refractivity contribution in [1.29, 1.82) is 0 Å². The number of hydrogen-bond donors (Lipinski definition) is 1. The Morgan fingerprint density at radius 3 is 2.60 bits per heavy atom. The van der Waals surface area contributed by atoms with Crippen LogP contribution < -0.4 is 15.6 Å². The molecule has 0 saturated carbocycles. The van der Waals surface area contributed by atoms with Crippen molar-refractivity contribution >= 4 is 22.6 Å². The largest absolute Gasteiger partial charge is 0.493 e. The van der Waals surface area contributed by atoms with Gasteiger partial charge in [0.25, 0.3) is 5.91 Å². The van der Waals surface area contributed by atoms with E-state index >= 15 is 0 Å². The predicted octanol–water partition coefficient (Wildman–Crippen LogP) is 4.48. The molecule has 152 valence electrons. The first-order chi connectivity index (χ1) is 14.5. The van der Waals surface area contributed by atoms with Gasteiger partial charge in [-0.1, -0.05) is 12.1 Å². The molecule has 1 N–H and O–H groups in total. The van der Waals surface area contributed by atoms with Crippen molar-refractivity contribution in [1.82, 2.24) is 5.32 Å². The number of nitrogens with zero attached hydrogens (tertiary/aromatic N) is 1. The van der Waals surface area contributed by atoms with E-state index in [4.69, 9.17) is 13.6 Å². The maximum absolute atomic E-state index is 13.6. The number of ether oxygens (including phenoxy) is 1. The lowest BCUT2D eigenvalue weighted by Gasteiger charge is -2.08. The minimum Gasteiger partial charge on any atom is -0.493 e. The second-order valence-electron chi connectivity index (χ2n) is 6.35. The van der Waals surface area contributed by atoms with Gasteiger partial charge in [-0.15, -0.1) is 0 Å². The van der Waals surface area contributed by atoms with E-state index in [9.17, 15) is 13.6 Å². The fourth-order valence-corrected chi connectivity index (χ4v) is 2.93. The first kappa shape index (κ1) is 19.4. The number of rotatable bonds is 5. The molecule has 0 aliphatic carbocycles. The van der Waals surface area contributed by atoms with Gasteiger partial charge >= 0.3 is 0 Å². The fourth-order valence-electron chi connectivity index (χ4n) is 2.93. The maximum Gasteiger partial charge on any atom is 0.257 e. The van der Waals surface area contributed by atoms with Gasteiger partial charge in [-0.05, 0) is 36.4 Å². The summed E-state index contributed by atoms with van der Waals surface area (Å²) in [5.74, 6) is -1.09. The molecule has 8 heteroatoms. The van der Waals surface area contributed by atoms with Gasteiger partial charge in [-0.3, -0.25) is 4.79 Å². The number of furan rings is 1. The van der Waals surface area contributed by atoms with Crippen LogP contribution in [-0.4, -0.2) is 13.0 Å². The Kier molecular flexibility index (Phi) is 5.30. The van der Waals surface area contributed by atoms with E-state index in [0.29, 0.717) is 22.5 Å². The van der Waals surface area contributed by atoms with Crippen molar-refractivity contribution in [3.05, 3.63) is 89.4 Å². The number of methoxy groups -OCH3 is 1. The van der Waals surface area contributed by atoms with Crippen LogP contribution in [0.15, 0.2) is 74.7 Å². The molecule has 0 radical (unpaired) electrons. The van der Waals surface area contributed by atoms with Crippen LogP contribution >= 0.6 is 0 Å². The van der Waals surface area contributed by atoms with E-state index in [-0.39, 0.29) is 23.3 Å². The number of hydrogen-bond acceptors (Lipinski definition) is 5. The van der Waals surface area contributed by atoms with E-state index in [1.165, 1.54) is 13.4 Å². The predicted molar refractivity (Wildman–Crippen MR) is 104 cm³/mol. The van der Waals surface area contributed by atoms with Crippen molar-refractivity contribution in [3.8, 4) is 5.75 Å². The summed E-state index contributed by atoms with van der Waals surface area (Å²) in [5, 5.41) is 3.31. The summed E-state index contributed by atoms with van der Waals surface area (Å²) < 4.78 is 43.5. The SMILES string of the molecule is COc1cccc2cc(C(=O)NCc3ccco3)c(=Nc3cc(F)cc(F)c3)oc12. The van der Waals surface area contributed by atoms with E-state index in [2.05, 4.69) is 10.3 Å². The highest BCUT2D eigenvalue weighted by molar-refractivity contribution is 5.97. The summed E-state index contributed by atoms with van der Waals surface area (Å²) in [5.41, 5.74) is 0.282. The van der Waals surface area contributed by atoms with Crippen LogP contribution in [0.4, 0.5) is 14.5 Å². The molecule has 0 saturated heterocycles. The zero-order valence-electron chi connectivity index (χ0n) is 15.8. The Morgan fingerprint density at radius 1 is 1.10 bits per heavy atom. The number of carbonyl (C=O) groups excluding carboxylic acids is 1. The van der Waals surface area contributed by atoms with E-state index < -0.39 is 17.5 Å². The second-order valence-corrected chi connectivity index (χ2v) is 6.35. The summed E-state index contributed by atoms with van der Waals surface area (Å²) in [7, 11) is 1.48. The molecular formula is C22H16F2N2O4. The van der Waals surface area contributed by atoms with E-state index in [0.717, 1.165) is 18.2 Å². The molecule has 0 fully saturated rings. The van der Waals surface area contributed by atoms with Crippen LogP contribution in [0.1, 0.15) is 16.1 Å². The van der Waals surface area contributed by atoms with Gasteiger partial charge in [0, 0.05) is 11.5 Å². The quantitative estimate of drug-likeness (QED) is 0.527. The topological polar surface area (TPSA) is 77.0 Å².